The van der Waals surface area contributed by atoms with Crippen molar-refractivity contribution in [1.29, 1.82) is 0 Å². The minimum Gasteiger partial charge on any atom is -0.369 e. The first kappa shape index (κ1) is 15.7. The van der Waals surface area contributed by atoms with Crippen LogP contribution in [0.4, 0.5) is 5.82 Å². The second-order valence-electron chi connectivity index (χ2n) is 4.61. The molecule has 1 rings (SSSR count). The van der Waals surface area contributed by atoms with Gasteiger partial charge in [0.25, 0.3) is 5.91 Å². The number of nitrogens with zero attached hydrogens (tertiary/aromatic N) is 3. The molecular weight excluding hydrogens is 264 g/mol. The van der Waals surface area contributed by atoms with E-state index in [-0.39, 0.29) is 5.91 Å². The highest BCUT2D eigenvalue weighted by Crippen LogP contribution is 2.20. The fourth-order valence-electron chi connectivity index (χ4n) is 1.52. The Kier molecular flexibility index (Phi) is 6.05. The van der Waals surface area contributed by atoms with E-state index in [9.17, 15) is 4.79 Å². The summed E-state index contributed by atoms with van der Waals surface area (Å²) in [5.41, 5.74) is 0.507. The standard InChI is InChI=1S/C13H21ClN4O/c1-5-15-12-11(14)8-10(9-16-12)13(19)18(4)7-6-17(2)3/h8-9H,5-7H2,1-4H3,(H,15,16). The summed E-state index contributed by atoms with van der Waals surface area (Å²) in [6.07, 6.45) is 1.55. The smallest absolute Gasteiger partial charge is 0.255 e. The van der Waals surface area contributed by atoms with E-state index in [1.165, 1.54) is 0 Å². The Morgan fingerprint density at radius 2 is 2.05 bits per heavy atom. The summed E-state index contributed by atoms with van der Waals surface area (Å²) in [6.45, 7) is 4.19. The quantitative estimate of drug-likeness (QED) is 0.865. The predicted octanol–water partition coefficient (Wildman–Crippen LogP) is 1.80. The molecule has 0 aliphatic carbocycles. The molecule has 0 saturated heterocycles. The molecule has 0 atom stereocenters. The van der Waals surface area contributed by atoms with Crippen LogP contribution in [0.1, 0.15) is 17.3 Å². The monoisotopic (exact) mass is 284 g/mol. The van der Waals surface area contributed by atoms with Gasteiger partial charge in [-0.1, -0.05) is 11.6 Å². The van der Waals surface area contributed by atoms with E-state index in [2.05, 4.69) is 10.3 Å². The van der Waals surface area contributed by atoms with Crippen LogP contribution in [0.3, 0.4) is 0 Å². The molecule has 1 amide bonds. The molecule has 0 aromatic carbocycles. The predicted molar refractivity (Wildman–Crippen MR) is 78.9 cm³/mol. The molecule has 0 fully saturated rings. The highest BCUT2D eigenvalue weighted by Gasteiger charge is 2.14. The summed E-state index contributed by atoms with van der Waals surface area (Å²) >= 11 is 6.08. The van der Waals surface area contributed by atoms with E-state index < -0.39 is 0 Å². The van der Waals surface area contributed by atoms with Crippen LogP contribution in [0, 0.1) is 0 Å². The molecule has 0 aliphatic rings. The van der Waals surface area contributed by atoms with Crippen LogP contribution in [0.2, 0.25) is 5.02 Å². The molecule has 5 nitrogen and oxygen atoms in total. The molecule has 0 spiro atoms. The van der Waals surface area contributed by atoms with Gasteiger partial charge in [0.15, 0.2) is 0 Å². The van der Waals surface area contributed by atoms with Crippen molar-refractivity contribution in [2.24, 2.45) is 0 Å². The van der Waals surface area contributed by atoms with E-state index >= 15 is 0 Å². The normalized spacial score (nSPS) is 10.6. The second-order valence-corrected chi connectivity index (χ2v) is 5.02. The first-order valence-corrected chi connectivity index (χ1v) is 6.63. The first-order chi connectivity index (χ1) is 8.95. The lowest BCUT2D eigenvalue weighted by molar-refractivity contribution is 0.0786. The molecule has 0 unspecified atom stereocenters. The molecule has 6 heteroatoms. The van der Waals surface area contributed by atoms with Gasteiger partial charge in [-0.2, -0.15) is 0 Å². The number of rotatable bonds is 6. The summed E-state index contributed by atoms with van der Waals surface area (Å²) in [5.74, 6) is 0.538. The minimum atomic E-state index is -0.0701. The zero-order valence-corrected chi connectivity index (χ0v) is 12.7. The molecule has 1 aromatic heterocycles. The Morgan fingerprint density at radius 3 is 2.58 bits per heavy atom. The Hall–Kier alpha value is -1.33. The van der Waals surface area contributed by atoms with Crippen LogP contribution in [-0.4, -0.2) is 61.5 Å². The summed E-state index contributed by atoms with van der Waals surface area (Å²) < 4.78 is 0. The number of carbonyl (C=O) groups excluding carboxylic acids is 1. The fourth-order valence-corrected chi connectivity index (χ4v) is 1.76. The van der Waals surface area contributed by atoms with Crippen molar-refractivity contribution < 1.29 is 4.79 Å². The number of halogens is 1. The van der Waals surface area contributed by atoms with Crippen LogP contribution >= 0.6 is 11.6 Å². The Bertz CT molecular complexity index is 437. The number of amides is 1. The van der Waals surface area contributed by atoms with E-state index in [1.54, 1.807) is 24.2 Å². The largest absolute Gasteiger partial charge is 0.369 e. The Labute approximate surface area is 119 Å². The number of aromatic nitrogens is 1. The van der Waals surface area contributed by atoms with Crippen LogP contribution in [0.5, 0.6) is 0 Å². The molecule has 1 N–H and O–H groups in total. The minimum absolute atomic E-state index is 0.0701. The maximum absolute atomic E-state index is 12.2. The maximum atomic E-state index is 12.2. The number of likely N-dealkylation sites (N-methyl/N-ethyl adjacent to an activating group) is 2. The second kappa shape index (κ2) is 7.31. The number of hydrogen-bond acceptors (Lipinski definition) is 4. The van der Waals surface area contributed by atoms with Gasteiger partial charge in [0.1, 0.15) is 5.82 Å². The highest BCUT2D eigenvalue weighted by molar-refractivity contribution is 6.33. The van der Waals surface area contributed by atoms with Crippen LogP contribution in [0.25, 0.3) is 0 Å². The number of hydrogen-bond donors (Lipinski definition) is 1. The zero-order valence-electron chi connectivity index (χ0n) is 11.9. The van der Waals surface area contributed by atoms with Gasteiger partial charge in [-0.15, -0.1) is 0 Å². The molecule has 1 heterocycles. The van der Waals surface area contributed by atoms with E-state index in [0.29, 0.717) is 22.9 Å². The fraction of sp³-hybridized carbons (Fsp3) is 0.538. The Morgan fingerprint density at radius 1 is 1.37 bits per heavy atom. The van der Waals surface area contributed by atoms with E-state index in [0.717, 1.165) is 13.1 Å². The van der Waals surface area contributed by atoms with Crippen molar-refractivity contribution in [1.82, 2.24) is 14.8 Å². The van der Waals surface area contributed by atoms with Gasteiger partial charge in [0.05, 0.1) is 10.6 Å². The molecule has 19 heavy (non-hydrogen) atoms. The van der Waals surface area contributed by atoms with Gasteiger partial charge in [-0.3, -0.25) is 4.79 Å². The lowest BCUT2D eigenvalue weighted by Crippen LogP contribution is -2.33. The van der Waals surface area contributed by atoms with E-state index in [4.69, 9.17) is 11.6 Å². The third kappa shape index (κ3) is 4.69. The average Bonchev–Trinajstić information content (AvgIpc) is 2.37. The van der Waals surface area contributed by atoms with Gasteiger partial charge >= 0.3 is 0 Å². The zero-order chi connectivity index (χ0) is 14.4. The van der Waals surface area contributed by atoms with Gasteiger partial charge in [0, 0.05) is 32.9 Å². The SMILES string of the molecule is CCNc1ncc(C(=O)N(C)CCN(C)C)cc1Cl. The molecule has 0 bridgehead atoms. The molecule has 0 aliphatic heterocycles. The van der Waals surface area contributed by atoms with Crippen LogP contribution in [0.15, 0.2) is 12.3 Å². The van der Waals surface area contributed by atoms with Gasteiger partial charge in [0.2, 0.25) is 0 Å². The first-order valence-electron chi connectivity index (χ1n) is 6.25. The molecule has 0 saturated carbocycles. The molecule has 106 valence electrons. The average molecular weight is 285 g/mol. The topological polar surface area (TPSA) is 48.5 Å². The molecule has 0 radical (unpaired) electrons. The van der Waals surface area contributed by atoms with Gasteiger partial charge in [-0.05, 0) is 27.1 Å². The highest BCUT2D eigenvalue weighted by atomic mass is 35.5. The summed E-state index contributed by atoms with van der Waals surface area (Å²) in [5, 5.41) is 3.50. The summed E-state index contributed by atoms with van der Waals surface area (Å²) in [7, 11) is 5.72. The molecular formula is C13H21ClN4O. The third-order valence-electron chi connectivity index (χ3n) is 2.66. The summed E-state index contributed by atoms with van der Waals surface area (Å²) in [4.78, 5) is 20.0. The number of nitrogens with one attached hydrogen (secondary N) is 1. The lowest BCUT2D eigenvalue weighted by atomic mass is 10.2. The van der Waals surface area contributed by atoms with Crippen molar-refractivity contribution in [3.05, 3.63) is 22.8 Å². The number of pyridine rings is 1. The maximum Gasteiger partial charge on any atom is 0.255 e. The molecule has 1 aromatic rings. The van der Waals surface area contributed by atoms with Crippen LogP contribution < -0.4 is 5.32 Å². The van der Waals surface area contributed by atoms with Crippen molar-refractivity contribution in [3.63, 3.8) is 0 Å². The third-order valence-corrected chi connectivity index (χ3v) is 2.95. The van der Waals surface area contributed by atoms with Gasteiger partial charge < -0.3 is 15.1 Å². The summed E-state index contributed by atoms with van der Waals surface area (Å²) in [6, 6.07) is 1.65. The van der Waals surface area contributed by atoms with Crippen molar-refractivity contribution in [3.8, 4) is 0 Å². The van der Waals surface area contributed by atoms with Crippen LogP contribution in [-0.2, 0) is 0 Å². The van der Waals surface area contributed by atoms with Crippen molar-refractivity contribution in [2.75, 3.05) is 46.1 Å². The number of carbonyl (C=O) groups is 1. The lowest BCUT2D eigenvalue weighted by Gasteiger charge is -2.19. The van der Waals surface area contributed by atoms with Crippen molar-refractivity contribution >= 4 is 23.3 Å². The van der Waals surface area contributed by atoms with E-state index in [1.807, 2.05) is 25.9 Å². The Balaban J connectivity index is 2.74. The number of anilines is 1. The van der Waals surface area contributed by atoms with Crippen molar-refractivity contribution in [2.45, 2.75) is 6.92 Å². The van der Waals surface area contributed by atoms with Gasteiger partial charge in [-0.25, -0.2) is 4.98 Å².